The van der Waals surface area contributed by atoms with E-state index in [4.69, 9.17) is 4.42 Å². The Labute approximate surface area is 120 Å². The SMILES string of the molecule is CC(C)c1nccn1Cc1nc2cc([N+](=O)[O-])ccc2o1. The second-order valence-electron chi connectivity index (χ2n) is 5.08. The van der Waals surface area contributed by atoms with Crippen molar-refractivity contribution >= 4 is 16.8 Å². The lowest BCUT2D eigenvalue weighted by molar-refractivity contribution is -0.384. The van der Waals surface area contributed by atoms with Crippen molar-refractivity contribution in [1.82, 2.24) is 14.5 Å². The Bertz CT molecular complexity index is 804. The summed E-state index contributed by atoms with van der Waals surface area (Å²) in [7, 11) is 0. The number of hydrogen-bond donors (Lipinski definition) is 0. The summed E-state index contributed by atoms with van der Waals surface area (Å²) >= 11 is 0. The molecule has 0 aliphatic heterocycles. The molecule has 0 spiro atoms. The molecule has 0 saturated heterocycles. The van der Waals surface area contributed by atoms with Crippen LogP contribution in [0.5, 0.6) is 0 Å². The molecule has 0 bridgehead atoms. The van der Waals surface area contributed by atoms with Crippen molar-refractivity contribution in [3.05, 3.63) is 52.4 Å². The average Bonchev–Trinajstić information content (AvgIpc) is 3.03. The van der Waals surface area contributed by atoms with Crippen molar-refractivity contribution in [2.24, 2.45) is 0 Å². The Hall–Kier alpha value is -2.70. The zero-order chi connectivity index (χ0) is 15.0. The number of nitrogens with zero attached hydrogens (tertiary/aromatic N) is 4. The molecule has 0 N–H and O–H groups in total. The molecular formula is C14H14N4O3. The van der Waals surface area contributed by atoms with Crippen LogP contribution in [0, 0.1) is 10.1 Å². The average molecular weight is 286 g/mol. The highest BCUT2D eigenvalue weighted by molar-refractivity contribution is 5.75. The molecule has 2 heterocycles. The molecule has 0 radical (unpaired) electrons. The molecular weight excluding hydrogens is 272 g/mol. The summed E-state index contributed by atoms with van der Waals surface area (Å²) in [6, 6.07) is 4.40. The first kappa shape index (κ1) is 13.3. The highest BCUT2D eigenvalue weighted by Gasteiger charge is 2.14. The molecule has 0 fully saturated rings. The molecule has 3 aromatic rings. The number of nitro groups is 1. The number of imidazole rings is 1. The van der Waals surface area contributed by atoms with Gasteiger partial charge in [-0.05, 0) is 6.07 Å². The summed E-state index contributed by atoms with van der Waals surface area (Å²) < 4.78 is 7.59. The predicted molar refractivity (Wildman–Crippen MR) is 76.1 cm³/mol. The molecule has 0 amide bonds. The van der Waals surface area contributed by atoms with Crippen molar-refractivity contribution < 1.29 is 9.34 Å². The van der Waals surface area contributed by atoms with Crippen molar-refractivity contribution in [2.75, 3.05) is 0 Å². The first-order chi connectivity index (χ1) is 10.0. The third-order valence-electron chi connectivity index (χ3n) is 3.20. The molecule has 0 aliphatic carbocycles. The molecule has 1 aromatic carbocycles. The van der Waals surface area contributed by atoms with Crippen LogP contribution in [0.1, 0.15) is 31.5 Å². The van der Waals surface area contributed by atoms with Crippen LogP contribution in [-0.2, 0) is 6.54 Å². The van der Waals surface area contributed by atoms with Crippen molar-refractivity contribution in [2.45, 2.75) is 26.3 Å². The topological polar surface area (TPSA) is 87.0 Å². The Morgan fingerprint density at radius 1 is 1.43 bits per heavy atom. The third kappa shape index (κ3) is 2.49. The van der Waals surface area contributed by atoms with Crippen LogP contribution in [0.2, 0.25) is 0 Å². The number of nitro benzene ring substituents is 1. The third-order valence-corrected chi connectivity index (χ3v) is 3.20. The molecule has 0 aliphatic rings. The second-order valence-corrected chi connectivity index (χ2v) is 5.08. The molecule has 2 aromatic heterocycles. The molecule has 0 saturated carbocycles. The van der Waals surface area contributed by atoms with Gasteiger partial charge in [0.25, 0.3) is 5.69 Å². The maximum Gasteiger partial charge on any atom is 0.271 e. The van der Waals surface area contributed by atoms with E-state index >= 15 is 0 Å². The maximum atomic E-state index is 10.8. The van der Waals surface area contributed by atoms with Gasteiger partial charge in [-0.2, -0.15) is 0 Å². The lowest BCUT2D eigenvalue weighted by atomic mass is 10.2. The van der Waals surface area contributed by atoms with Gasteiger partial charge in [0.1, 0.15) is 17.9 Å². The van der Waals surface area contributed by atoms with Gasteiger partial charge in [0.15, 0.2) is 5.58 Å². The van der Waals surface area contributed by atoms with Gasteiger partial charge in [0.05, 0.1) is 4.92 Å². The van der Waals surface area contributed by atoms with Crippen LogP contribution < -0.4 is 0 Å². The minimum absolute atomic E-state index is 0.00727. The Morgan fingerprint density at radius 3 is 2.95 bits per heavy atom. The largest absolute Gasteiger partial charge is 0.439 e. The fourth-order valence-electron chi connectivity index (χ4n) is 2.25. The number of non-ortho nitro benzene ring substituents is 1. The summed E-state index contributed by atoms with van der Waals surface area (Å²) in [5.74, 6) is 1.75. The Kier molecular flexibility index (Phi) is 3.17. The van der Waals surface area contributed by atoms with E-state index in [0.717, 1.165) is 5.82 Å². The van der Waals surface area contributed by atoms with Crippen LogP contribution in [0.15, 0.2) is 35.0 Å². The summed E-state index contributed by atoms with van der Waals surface area (Å²) in [5.41, 5.74) is 1.04. The van der Waals surface area contributed by atoms with E-state index in [-0.39, 0.29) is 5.69 Å². The smallest absolute Gasteiger partial charge is 0.271 e. The Balaban J connectivity index is 1.94. The second kappa shape index (κ2) is 5.01. The van der Waals surface area contributed by atoms with Gasteiger partial charge in [-0.1, -0.05) is 13.8 Å². The quantitative estimate of drug-likeness (QED) is 0.543. The maximum absolute atomic E-state index is 10.8. The van der Waals surface area contributed by atoms with Crippen LogP contribution in [0.3, 0.4) is 0 Å². The van der Waals surface area contributed by atoms with Crippen molar-refractivity contribution in [3.8, 4) is 0 Å². The minimum atomic E-state index is -0.444. The Morgan fingerprint density at radius 2 is 2.24 bits per heavy atom. The summed E-state index contributed by atoms with van der Waals surface area (Å²) in [5, 5.41) is 10.8. The van der Waals surface area contributed by atoms with Gasteiger partial charge in [0, 0.05) is 30.4 Å². The van der Waals surface area contributed by atoms with E-state index < -0.39 is 4.92 Å². The van der Waals surface area contributed by atoms with E-state index in [2.05, 4.69) is 23.8 Å². The number of benzene rings is 1. The molecule has 21 heavy (non-hydrogen) atoms. The normalized spacial score (nSPS) is 11.4. The van der Waals surface area contributed by atoms with Gasteiger partial charge in [-0.3, -0.25) is 10.1 Å². The van der Waals surface area contributed by atoms with Crippen LogP contribution in [-0.4, -0.2) is 19.5 Å². The van der Waals surface area contributed by atoms with Gasteiger partial charge >= 0.3 is 0 Å². The standard InChI is InChI=1S/C14H14N4O3/c1-9(2)14-15-5-6-17(14)8-13-16-11-7-10(18(19)20)3-4-12(11)21-13/h3-7,9H,8H2,1-2H3. The monoisotopic (exact) mass is 286 g/mol. The zero-order valence-corrected chi connectivity index (χ0v) is 11.7. The molecule has 7 heteroatoms. The van der Waals surface area contributed by atoms with E-state index in [1.54, 1.807) is 12.3 Å². The first-order valence-electron chi connectivity index (χ1n) is 6.59. The number of oxazole rings is 1. The summed E-state index contributed by atoms with van der Waals surface area (Å²) in [6.45, 7) is 4.58. The van der Waals surface area contributed by atoms with Gasteiger partial charge in [-0.15, -0.1) is 0 Å². The molecule has 3 rings (SSSR count). The lowest BCUT2D eigenvalue weighted by Gasteiger charge is -2.07. The number of aromatic nitrogens is 3. The van der Waals surface area contributed by atoms with E-state index in [1.807, 2.05) is 10.8 Å². The molecule has 108 valence electrons. The zero-order valence-electron chi connectivity index (χ0n) is 11.7. The van der Waals surface area contributed by atoms with Gasteiger partial charge < -0.3 is 8.98 Å². The predicted octanol–water partition coefficient (Wildman–Crippen LogP) is 3.10. The number of hydrogen-bond acceptors (Lipinski definition) is 5. The summed E-state index contributed by atoms with van der Waals surface area (Å²) in [6.07, 6.45) is 3.61. The van der Waals surface area contributed by atoms with Crippen LogP contribution in [0.25, 0.3) is 11.1 Å². The fraction of sp³-hybridized carbons (Fsp3) is 0.286. The molecule has 0 unspecified atom stereocenters. The van der Waals surface area contributed by atoms with Crippen molar-refractivity contribution in [3.63, 3.8) is 0 Å². The number of rotatable bonds is 4. The lowest BCUT2D eigenvalue weighted by Crippen LogP contribution is -2.05. The number of fused-ring (bicyclic) bond motifs is 1. The van der Waals surface area contributed by atoms with E-state index in [9.17, 15) is 10.1 Å². The van der Waals surface area contributed by atoms with Gasteiger partial charge in [0.2, 0.25) is 5.89 Å². The summed E-state index contributed by atoms with van der Waals surface area (Å²) in [4.78, 5) is 18.9. The van der Waals surface area contributed by atoms with Gasteiger partial charge in [-0.25, -0.2) is 9.97 Å². The molecule has 0 atom stereocenters. The minimum Gasteiger partial charge on any atom is -0.439 e. The highest BCUT2D eigenvalue weighted by atomic mass is 16.6. The van der Waals surface area contributed by atoms with Crippen LogP contribution in [0.4, 0.5) is 5.69 Å². The van der Waals surface area contributed by atoms with E-state index in [1.165, 1.54) is 12.1 Å². The molecule has 7 nitrogen and oxygen atoms in total. The first-order valence-corrected chi connectivity index (χ1v) is 6.59. The van der Waals surface area contributed by atoms with Crippen molar-refractivity contribution in [1.29, 1.82) is 0 Å². The fourth-order valence-corrected chi connectivity index (χ4v) is 2.25. The van der Waals surface area contributed by atoms with E-state index in [0.29, 0.717) is 29.5 Å². The van der Waals surface area contributed by atoms with Crippen LogP contribution >= 0.6 is 0 Å². The highest BCUT2D eigenvalue weighted by Crippen LogP contribution is 2.22.